The molecule has 0 fully saturated rings. The van der Waals surface area contributed by atoms with Gasteiger partial charge in [0.1, 0.15) is 5.75 Å². The van der Waals surface area contributed by atoms with Crippen LogP contribution in [-0.2, 0) is 0 Å². The van der Waals surface area contributed by atoms with Gasteiger partial charge >= 0.3 is 0 Å². The minimum absolute atomic E-state index is 0.463. The van der Waals surface area contributed by atoms with E-state index in [-0.39, 0.29) is 0 Å². The fourth-order valence-electron chi connectivity index (χ4n) is 2.00. The molecule has 1 aliphatic rings. The summed E-state index contributed by atoms with van der Waals surface area (Å²) in [6.45, 7) is 5.13. The van der Waals surface area contributed by atoms with E-state index >= 15 is 0 Å². The Morgan fingerprint density at radius 2 is 2.21 bits per heavy atom. The molecule has 0 saturated carbocycles. The van der Waals surface area contributed by atoms with Gasteiger partial charge in [-0.1, -0.05) is 19.1 Å². The zero-order valence-corrected chi connectivity index (χ0v) is 8.87. The molecule has 1 aromatic carbocycles. The van der Waals surface area contributed by atoms with Crippen molar-refractivity contribution in [3.05, 3.63) is 29.3 Å². The second kappa shape index (κ2) is 3.45. The van der Waals surface area contributed by atoms with Crippen LogP contribution >= 0.6 is 0 Å². The summed E-state index contributed by atoms with van der Waals surface area (Å²) in [7, 11) is 1.73. The number of hydrogen-bond acceptors (Lipinski definition) is 2. The molecule has 0 amide bonds. The lowest BCUT2D eigenvalue weighted by atomic mass is 9.90. The van der Waals surface area contributed by atoms with Gasteiger partial charge in [0.15, 0.2) is 0 Å². The van der Waals surface area contributed by atoms with E-state index in [4.69, 9.17) is 4.74 Å². The Balaban J connectivity index is 2.62. The van der Waals surface area contributed by atoms with Crippen LogP contribution in [0.25, 0.3) is 0 Å². The Bertz CT molecular complexity index is 382. The Hall–Kier alpha value is -1.31. The first-order valence-electron chi connectivity index (χ1n) is 4.92. The van der Waals surface area contributed by atoms with Gasteiger partial charge in [0.25, 0.3) is 0 Å². The normalized spacial score (nSPS) is 19.9. The van der Waals surface area contributed by atoms with Crippen LogP contribution in [0.4, 0.5) is 0 Å². The molecule has 14 heavy (non-hydrogen) atoms. The predicted molar refractivity (Wildman–Crippen MR) is 58.5 cm³/mol. The summed E-state index contributed by atoms with van der Waals surface area (Å²) < 4.78 is 5.38. The number of aliphatic imine (C=N–C) groups is 1. The van der Waals surface area contributed by atoms with Crippen LogP contribution in [0.2, 0.25) is 0 Å². The van der Waals surface area contributed by atoms with E-state index in [9.17, 15) is 0 Å². The second-order valence-electron chi connectivity index (χ2n) is 3.75. The van der Waals surface area contributed by atoms with Crippen LogP contribution in [-0.4, -0.2) is 19.4 Å². The lowest BCUT2D eigenvalue weighted by Gasteiger charge is -2.22. The maximum Gasteiger partial charge on any atom is 0.123 e. The van der Waals surface area contributed by atoms with Gasteiger partial charge in [0, 0.05) is 29.3 Å². The summed E-state index contributed by atoms with van der Waals surface area (Å²) in [5, 5.41) is 0. The third-order valence-electron chi connectivity index (χ3n) is 2.77. The van der Waals surface area contributed by atoms with Crippen LogP contribution in [0.15, 0.2) is 23.2 Å². The van der Waals surface area contributed by atoms with E-state index in [0.717, 1.165) is 18.0 Å². The molecule has 0 saturated heterocycles. The van der Waals surface area contributed by atoms with E-state index in [2.05, 4.69) is 24.9 Å². The Morgan fingerprint density at radius 3 is 2.93 bits per heavy atom. The number of nitrogens with zero attached hydrogens (tertiary/aromatic N) is 1. The lowest BCUT2D eigenvalue weighted by molar-refractivity contribution is 0.406. The van der Waals surface area contributed by atoms with Gasteiger partial charge in [0.2, 0.25) is 0 Å². The monoisotopic (exact) mass is 189 g/mol. The summed E-state index contributed by atoms with van der Waals surface area (Å²) in [6.07, 6.45) is 0. The third kappa shape index (κ3) is 1.31. The molecule has 1 aromatic rings. The third-order valence-corrected chi connectivity index (χ3v) is 2.77. The van der Waals surface area contributed by atoms with E-state index in [1.807, 2.05) is 12.1 Å². The molecule has 1 atom stereocenters. The van der Waals surface area contributed by atoms with Gasteiger partial charge < -0.3 is 4.74 Å². The molecule has 0 aromatic heterocycles. The van der Waals surface area contributed by atoms with Crippen molar-refractivity contribution in [1.82, 2.24) is 0 Å². The summed E-state index contributed by atoms with van der Waals surface area (Å²) >= 11 is 0. The highest BCUT2D eigenvalue weighted by Gasteiger charge is 2.20. The topological polar surface area (TPSA) is 21.6 Å². The number of hydrogen-bond donors (Lipinski definition) is 0. The molecule has 0 spiro atoms. The van der Waals surface area contributed by atoms with Gasteiger partial charge in [-0.05, 0) is 13.0 Å². The largest absolute Gasteiger partial charge is 0.496 e. The number of methoxy groups -OCH3 is 1. The maximum atomic E-state index is 5.38. The van der Waals surface area contributed by atoms with Crippen molar-refractivity contribution in [2.24, 2.45) is 4.99 Å². The van der Waals surface area contributed by atoms with Gasteiger partial charge in [-0.2, -0.15) is 0 Å². The minimum atomic E-state index is 0.463. The van der Waals surface area contributed by atoms with Crippen LogP contribution in [0.5, 0.6) is 5.75 Å². The van der Waals surface area contributed by atoms with Crippen molar-refractivity contribution >= 4 is 5.71 Å². The molecule has 1 unspecified atom stereocenters. The number of benzene rings is 1. The Morgan fingerprint density at radius 1 is 1.43 bits per heavy atom. The summed E-state index contributed by atoms with van der Waals surface area (Å²) in [5.74, 6) is 1.45. The zero-order valence-electron chi connectivity index (χ0n) is 8.87. The SMILES string of the molecule is COc1cccc2c1C(C)CN=C2C. The highest BCUT2D eigenvalue weighted by molar-refractivity contribution is 6.01. The average Bonchev–Trinajstić information content (AvgIpc) is 2.23. The molecular weight excluding hydrogens is 174 g/mol. The smallest absolute Gasteiger partial charge is 0.123 e. The van der Waals surface area contributed by atoms with Crippen molar-refractivity contribution in [3.8, 4) is 5.75 Å². The number of ether oxygens (including phenoxy) is 1. The van der Waals surface area contributed by atoms with Crippen molar-refractivity contribution < 1.29 is 4.74 Å². The van der Waals surface area contributed by atoms with Gasteiger partial charge in [-0.3, -0.25) is 4.99 Å². The van der Waals surface area contributed by atoms with E-state index in [1.54, 1.807) is 7.11 Å². The molecule has 2 rings (SSSR count). The van der Waals surface area contributed by atoms with Crippen LogP contribution < -0.4 is 4.74 Å². The van der Waals surface area contributed by atoms with Crippen molar-refractivity contribution in [1.29, 1.82) is 0 Å². The van der Waals surface area contributed by atoms with Crippen molar-refractivity contribution in [2.45, 2.75) is 19.8 Å². The average molecular weight is 189 g/mol. The molecule has 1 heterocycles. The highest BCUT2D eigenvalue weighted by atomic mass is 16.5. The molecule has 0 radical (unpaired) electrons. The number of fused-ring (bicyclic) bond motifs is 1. The summed E-state index contributed by atoms with van der Waals surface area (Å²) in [4.78, 5) is 4.49. The molecule has 0 bridgehead atoms. The highest BCUT2D eigenvalue weighted by Crippen LogP contribution is 2.33. The summed E-state index contributed by atoms with van der Waals surface area (Å²) in [5.41, 5.74) is 3.67. The first-order valence-corrected chi connectivity index (χ1v) is 4.92. The number of rotatable bonds is 1. The fourth-order valence-corrected chi connectivity index (χ4v) is 2.00. The van der Waals surface area contributed by atoms with Gasteiger partial charge in [0.05, 0.1) is 7.11 Å². The van der Waals surface area contributed by atoms with Crippen LogP contribution in [0, 0.1) is 0 Å². The van der Waals surface area contributed by atoms with E-state index in [1.165, 1.54) is 11.1 Å². The summed E-state index contributed by atoms with van der Waals surface area (Å²) in [6, 6.07) is 6.16. The molecule has 2 heteroatoms. The van der Waals surface area contributed by atoms with Gasteiger partial charge in [-0.25, -0.2) is 0 Å². The molecule has 1 aliphatic heterocycles. The maximum absolute atomic E-state index is 5.38. The van der Waals surface area contributed by atoms with Crippen LogP contribution in [0.1, 0.15) is 30.9 Å². The van der Waals surface area contributed by atoms with E-state index in [0.29, 0.717) is 5.92 Å². The second-order valence-corrected chi connectivity index (χ2v) is 3.75. The van der Waals surface area contributed by atoms with Crippen molar-refractivity contribution in [3.63, 3.8) is 0 Å². The van der Waals surface area contributed by atoms with Crippen LogP contribution in [0.3, 0.4) is 0 Å². The van der Waals surface area contributed by atoms with E-state index < -0.39 is 0 Å². The van der Waals surface area contributed by atoms with Gasteiger partial charge in [-0.15, -0.1) is 0 Å². The Labute approximate surface area is 84.6 Å². The molecule has 2 nitrogen and oxygen atoms in total. The predicted octanol–water partition coefficient (Wildman–Crippen LogP) is 2.62. The minimum Gasteiger partial charge on any atom is -0.496 e. The quantitative estimate of drug-likeness (QED) is 0.665. The Kier molecular flexibility index (Phi) is 2.28. The zero-order chi connectivity index (χ0) is 10.1. The fraction of sp³-hybridized carbons (Fsp3) is 0.417. The molecule has 0 N–H and O–H groups in total. The molecule has 0 aliphatic carbocycles. The standard InChI is InChI=1S/C12H15NO/c1-8-7-13-9(2)10-5-4-6-11(14-3)12(8)10/h4-6,8H,7H2,1-3H3. The van der Waals surface area contributed by atoms with Crippen molar-refractivity contribution in [2.75, 3.05) is 13.7 Å². The first kappa shape index (κ1) is 9.25. The molecular formula is C12H15NO. The lowest BCUT2D eigenvalue weighted by Crippen LogP contribution is -2.14. The molecule has 74 valence electrons. The first-order chi connectivity index (χ1) is 6.74.